The Morgan fingerprint density at radius 1 is 1.21 bits per heavy atom. The summed E-state index contributed by atoms with van der Waals surface area (Å²) in [6.07, 6.45) is 3.63. The van der Waals surface area contributed by atoms with Crippen LogP contribution in [0.15, 0.2) is 30.3 Å². The molecule has 0 aliphatic carbocycles. The van der Waals surface area contributed by atoms with E-state index in [2.05, 4.69) is 10.3 Å². The van der Waals surface area contributed by atoms with Crippen molar-refractivity contribution in [3.8, 4) is 5.75 Å². The second kappa shape index (κ2) is 6.78. The third kappa shape index (κ3) is 3.61. The Morgan fingerprint density at radius 3 is 2.89 bits per heavy atom. The Kier molecular flexibility index (Phi) is 5.05. The smallest absolute Gasteiger partial charge is 0.140 e. The second-order valence-corrected chi connectivity index (χ2v) is 5.53. The third-order valence-corrected chi connectivity index (χ3v) is 4.06. The molecule has 0 saturated carbocycles. The van der Waals surface area contributed by atoms with E-state index in [0.717, 1.165) is 29.5 Å². The molecule has 1 aliphatic rings. The van der Waals surface area contributed by atoms with Crippen LogP contribution >= 0.6 is 23.7 Å². The molecule has 3 nitrogen and oxygen atoms in total. The molecule has 19 heavy (non-hydrogen) atoms. The van der Waals surface area contributed by atoms with Gasteiger partial charge in [-0.05, 0) is 31.4 Å². The average Bonchev–Trinajstić information content (AvgIpc) is 2.68. The molecule has 0 bridgehead atoms. The number of para-hydroxylation sites is 1. The first-order valence-corrected chi connectivity index (χ1v) is 7.14. The van der Waals surface area contributed by atoms with Crippen LogP contribution in [0.5, 0.6) is 5.75 Å². The number of nitrogens with one attached hydrogen (secondary N) is 1. The average molecular weight is 297 g/mol. The van der Waals surface area contributed by atoms with Crippen molar-refractivity contribution in [2.45, 2.75) is 25.9 Å². The molecule has 1 aromatic heterocycles. The van der Waals surface area contributed by atoms with Gasteiger partial charge in [-0.25, -0.2) is 4.98 Å². The van der Waals surface area contributed by atoms with E-state index < -0.39 is 0 Å². The highest BCUT2D eigenvalue weighted by Crippen LogP contribution is 2.28. The summed E-state index contributed by atoms with van der Waals surface area (Å²) >= 11 is 1.77. The van der Waals surface area contributed by atoms with Crippen LogP contribution in [0.1, 0.15) is 22.7 Å². The van der Waals surface area contributed by atoms with E-state index in [1.807, 2.05) is 30.3 Å². The quantitative estimate of drug-likeness (QED) is 0.933. The van der Waals surface area contributed by atoms with E-state index in [1.54, 1.807) is 11.3 Å². The maximum Gasteiger partial charge on any atom is 0.140 e. The maximum absolute atomic E-state index is 5.72. The molecular weight excluding hydrogens is 280 g/mol. The van der Waals surface area contributed by atoms with Crippen LogP contribution in [0.3, 0.4) is 0 Å². The Hall–Kier alpha value is -1.26. The summed E-state index contributed by atoms with van der Waals surface area (Å²) in [5.74, 6) is 1.97. The number of aryl methyl sites for hydroxylation is 1. The molecule has 1 aliphatic heterocycles. The lowest BCUT2D eigenvalue weighted by Crippen LogP contribution is -2.00. The van der Waals surface area contributed by atoms with Gasteiger partial charge in [0.1, 0.15) is 23.2 Å². The number of benzene rings is 1. The van der Waals surface area contributed by atoms with Crippen molar-refractivity contribution in [1.29, 1.82) is 0 Å². The minimum absolute atomic E-state index is 0. The zero-order valence-corrected chi connectivity index (χ0v) is 12.2. The summed E-state index contributed by atoms with van der Waals surface area (Å²) in [6, 6.07) is 9.89. The lowest BCUT2D eigenvalue weighted by Gasteiger charge is -2.02. The summed E-state index contributed by atoms with van der Waals surface area (Å²) in [6.45, 7) is 1.60. The highest BCUT2D eigenvalue weighted by molar-refractivity contribution is 7.12. The van der Waals surface area contributed by atoms with Crippen molar-refractivity contribution in [3.05, 3.63) is 40.2 Å². The topological polar surface area (TPSA) is 34.1 Å². The molecule has 2 heterocycles. The van der Waals surface area contributed by atoms with Crippen LogP contribution in [0.2, 0.25) is 0 Å². The fourth-order valence-corrected chi connectivity index (χ4v) is 3.05. The van der Waals surface area contributed by atoms with Crippen molar-refractivity contribution >= 4 is 29.6 Å². The lowest BCUT2D eigenvalue weighted by atomic mass is 10.2. The molecule has 0 unspecified atom stereocenters. The summed E-state index contributed by atoms with van der Waals surface area (Å²) in [5.41, 5.74) is 0. The molecule has 0 atom stereocenters. The van der Waals surface area contributed by atoms with Gasteiger partial charge >= 0.3 is 0 Å². The Labute approximate surface area is 123 Å². The van der Waals surface area contributed by atoms with Crippen molar-refractivity contribution in [3.63, 3.8) is 0 Å². The van der Waals surface area contributed by atoms with Crippen molar-refractivity contribution in [2.75, 3.05) is 11.9 Å². The molecule has 0 spiro atoms. The van der Waals surface area contributed by atoms with Gasteiger partial charge in [-0.2, -0.15) is 0 Å². The van der Waals surface area contributed by atoms with E-state index in [-0.39, 0.29) is 12.4 Å². The number of nitrogens with zero attached hydrogens (tertiary/aromatic N) is 1. The third-order valence-electron chi connectivity index (χ3n) is 2.97. The van der Waals surface area contributed by atoms with E-state index in [1.165, 1.54) is 17.7 Å². The molecule has 0 radical (unpaired) electrons. The number of fused-ring (bicyclic) bond motifs is 1. The van der Waals surface area contributed by atoms with Crippen LogP contribution < -0.4 is 10.1 Å². The first-order valence-electron chi connectivity index (χ1n) is 6.32. The fraction of sp³-hybridized carbons (Fsp3) is 0.357. The minimum Gasteiger partial charge on any atom is -0.486 e. The first kappa shape index (κ1) is 14.2. The maximum atomic E-state index is 5.72. The largest absolute Gasteiger partial charge is 0.486 e. The van der Waals surface area contributed by atoms with Crippen LogP contribution in [0, 0.1) is 0 Å². The molecule has 5 heteroatoms. The summed E-state index contributed by atoms with van der Waals surface area (Å²) in [5, 5.41) is 4.44. The van der Waals surface area contributed by atoms with Crippen molar-refractivity contribution in [2.24, 2.45) is 0 Å². The summed E-state index contributed by atoms with van der Waals surface area (Å²) in [7, 11) is 0. The minimum atomic E-state index is 0. The van der Waals surface area contributed by atoms with Gasteiger partial charge in [0, 0.05) is 11.4 Å². The molecule has 1 aromatic carbocycles. The predicted octanol–water partition coefficient (Wildman–Crippen LogP) is 3.89. The van der Waals surface area contributed by atoms with Gasteiger partial charge < -0.3 is 10.1 Å². The highest BCUT2D eigenvalue weighted by atomic mass is 35.5. The normalized spacial score (nSPS) is 13.7. The van der Waals surface area contributed by atoms with Crippen LogP contribution in [-0.4, -0.2) is 11.5 Å². The van der Waals surface area contributed by atoms with Gasteiger partial charge in [0.15, 0.2) is 0 Å². The zero-order chi connectivity index (χ0) is 12.2. The van der Waals surface area contributed by atoms with E-state index in [0.29, 0.717) is 6.61 Å². The van der Waals surface area contributed by atoms with Gasteiger partial charge in [0.05, 0.1) is 0 Å². The Bertz CT molecular complexity index is 492. The number of thiazole rings is 1. The van der Waals surface area contributed by atoms with Gasteiger partial charge in [-0.3, -0.25) is 0 Å². The number of aromatic nitrogens is 1. The first-order chi connectivity index (χ1) is 8.92. The van der Waals surface area contributed by atoms with E-state index >= 15 is 0 Å². The van der Waals surface area contributed by atoms with Gasteiger partial charge in [-0.15, -0.1) is 23.7 Å². The van der Waals surface area contributed by atoms with Gasteiger partial charge in [0.2, 0.25) is 0 Å². The number of anilines is 1. The zero-order valence-electron chi connectivity index (χ0n) is 10.6. The Balaban J connectivity index is 0.00000133. The molecule has 2 aromatic rings. The van der Waals surface area contributed by atoms with E-state index in [4.69, 9.17) is 4.74 Å². The summed E-state index contributed by atoms with van der Waals surface area (Å²) in [4.78, 5) is 5.98. The molecule has 0 amide bonds. The molecule has 102 valence electrons. The van der Waals surface area contributed by atoms with Crippen LogP contribution in [-0.2, 0) is 13.0 Å². The van der Waals surface area contributed by atoms with Crippen LogP contribution in [0.25, 0.3) is 0 Å². The standard InChI is InChI=1S/C14H16N2OS.ClH/c1-2-6-11(7-3-1)17-10-13-16-14-12(18-13)8-4-5-9-15-14;/h1-3,6-7,15H,4-5,8-10H2;1H. The number of hydrogen-bond donors (Lipinski definition) is 1. The monoisotopic (exact) mass is 296 g/mol. The molecular formula is C14H17ClN2OS. The molecule has 3 rings (SSSR count). The second-order valence-electron chi connectivity index (χ2n) is 4.36. The predicted molar refractivity (Wildman–Crippen MR) is 81.6 cm³/mol. The SMILES string of the molecule is Cl.c1ccc(OCc2nc3c(s2)CCCCN3)cc1. The lowest BCUT2D eigenvalue weighted by molar-refractivity contribution is 0.305. The van der Waals surface area contributed by atoms with Crippen molar-refractivity contribution < 1.29 is 4.74 Å². The molecule has 0 saturated heterocycles. The molecule has 0 fully saturated rings. The molecule has 1 N–H and O–H groups in total. The van der Waals surface area contributed by atoms with Gasteiger partial charge in [-0.1, -0.05) is 18.2 Å². The van der Waals surface area contributed by atoms with Crippen LogP contribution in [0.4, 0.5) is 5.82 Å². The number of hydrogen-bond acceptors (Lipinski definition) is 4. The van der Waals surface area contributed by atoms with Crippen molar-refractivity contribution in [1.82, 2.24) is 4.98 Å². The number of rotatable bonds is 3. The van der Waals surface area contributed by atoms with Gasteiger partial charge in [0.25, 0.3) is 0 Å². The number of ether oxygens (including phenoxy) is 1. The Morgan fingerprint density at radius 2 is 2.05 bits per heavy atom. The fourth-order valence-electron chi connectivity index (χ4n) is 2.05. The van der Waals surface area contributed by atoms with E-state index in [9.17, 15) is 0 Å². The highest BCUT2D eigenvalue weighted by Gasteiger charge is 2.13. The summed E-state index contributed by atoms with van der Waals surface area (Å²) < 4.78 is 5.72. The number of halogens is 1.